The topological polar surface area (TPSA) is 15.8 Å². The molecule has 0 radical (unpaired) electrons. The number of hydrogen-bond acceptors (Lipinski definition) is 0. The van der Waals surface area contributed by atoms with Crippen LogP contribution in [0.5, 0.6) is 0 Å². The molecule has 1 heterocycles. The molecule has 4 aromatic rings. The first-order valence-electron chi connectivity index (χ1n) is 8.20. The molecule has 0 spiro atoms. The molecule has 0 saturated heterocycles. The van der Waals surface area contributed by atoms with Gasteiger partial charge in [-0.25, -0.2) is 0 Å². The molecule has 23 heavy (non-hydrogen) atoms. The molecule has 1 nitrogen and oxygen atoms in total. The van der Waals surface area contributed by atoms with E-state index in [-0.39, 0.29) is 0 Å². The van der Waals surface area contributed by atoms with E-state index < -0.39 is 0 Å². The zero-order valence-corrected chi connectivity index (χ0v) is 12.8. The maximum Gasteiger partial charge on any atom is 0.0471 e. The molecule has 0 aliphatic heterocycles. The molecule has 110 valence electrons. The van der Waals surface area contributed by atoms with Gasteiger partial charge in [0.25, 0.3) is 0 Å². The van der Waals surface area contributed by atoms with Crippen LogP contribution in [-0.4, -0.2) is 4.98 Å². The van der Waals surface area contributed by atoms with Gasteiger partial charge in [0.05, 0.1) is 0 Å². The third-order valence-corrected chi connectivity index (χ3v) is 4.82. The standard InChI is InChI=1S/C22H17N/c1-2-6-15(7-3-1)17-10-12-19-21(14-17)23-20-13-11-16-8-4-5-9-18(16)22(19)20/h2,4-14,23H,1,3H2. The number of aromatic nitrogens is 1. The smallest absolute Gasteiger partial charge is 0.0471 e. The lowest BCUT2D eigenvalue weighted by Gasteiger charge is -2.07. The zero-order chi connectivity index (χ0) is 15.2. The Bertz CT molecular complexity index is 1110. The van der Waals surface area contributed by atoms with Gasteiger partial charge in [-0.1, -0.05) is 60.7 Å². The molecule has 0 amide bonds. The van der Waals surface area contributed by atoms with Crippen LogP contribution < -0.4 is 0 Å². The molecule has 1 aromatic heterocycles. The lowest BCUT2D eigenvalue weighted by molar-refractivity contribution is 1.04. The van der Waals surface area contributed by atoms with Crippen molar-refractivity contribution in [3.8, 4) is 0 Å². The fourth-order valence-electron chi connectivity index (χ4n) is 3.68. The van der Waals surface area contributed by atoms with Crippen molar-refractivity contribution < 1.29 is 0 Å². The van der Waals surface area contributed by atoms with Crippen LogP contribution in [0.25, 0.3) is 38.2 Å². The highest BCUT2D eigenvalue weighted by Gasteiger charge is 2.09. The first kappa shape index (κ1) is 12.7. The van der Waals surface area contributed by atoms with Gasteiger partial charge < -0.3 is 4.98 Å². The molecule has 0 fully saturated rings. The number of H-pyrrole nitrogens is 1. The van der Waals surface area contributed by atoms with E-state index >= 15 is 0 Å². The van der Waals surface area contributed by atoms with Crippen LogP contribution >= 0.6 is 0 Å². The van der Waals surface area contributed by atoms with Crippen molar-refractivity contribution >= 4 is 38.2 Å². The first-order chi connectivity index (χ1) is 11.4. The Morgan fingerprint density at radius 3 is 2.65 bits per heavy atom. The van der Waals surface area contributed by atoms with Crippen LogP contribution in [-0.2, 0) is 0 Å². The van der Waals surface area contributed by atoms with E-state index in [0.29, 0.717) is 0 Å². The van der Waals surface area contributed by atoms with Gasteiger partial charge >= 0.3 is 0 Å². The predicted octanol–water partition coefficient (Wildman–Crippen LogP) is 6.21. The fraction of sp³-hybridized carbons (Fsp3) is 0.0909. The van der Waals surface area contributed by atoms with E-state index in [4.69, 9.17) is 0 Å². The second kappa shape index (κ2) is 4.85. The minimum Gasteiger partial charge on any atom is -0.354 e. The summed E-state index contributed by atoms with van der Waals surface area (Å²) in [4.78, 5) is 3.60. The lowest BCUT2D eigenvalue weighted by atomic mass is 9.98. The summed E-state index contributed by atoms with van der Waals surface area (Å²) in [5.41, 5.74) is 5.06. The van der Waals surface area contributed by atoms with E-state index in [9.17, 15) is 0 Å². The summed E-state index contributed by atoms with van der Waals surface area (Å²) >= 11 is 0. The number of fused-ring (bicyclic) bond motifs is 5. The SMILES string of the molecule is C1=CC(c2ccc3c(c2)[nH]c2ccc4ccccc4c23)=CCC1. The van der Waals surface area contributed by atoms with Gasteiger partial charge in [-0.05, 0) is 46.9 Å². The summed E-state index contributed by atoms with van der Waals surface area (Å²) in [5, 5.41) is 5.25. The summed E-state index contributed by atoms with van der Waals surface area (Å²) in [7, 11) is 0. The third kappa shape index (κ3) is 1.93. The Morgan fingerprint density at radius 2 is 1.74 bits per heavy atom. The summed E-state index contributed by atoms with van der Waals surface area (Å²) in [6, 6.07) is 19.8. The highest BCUT2D eigenvalue weighted by molar-refractivity contribution is 6.20. The summed E-state index contributed by atoms with van der Waals surface area (Å²) in [6.07, 6.45) is 9.13. The van der Waals surface area contributed by atoms with E-state index in [2.05, 4.69) is 77.8 Å². The number of nitrogens with one attached hydrogen (secondary N) is 1. The molecule has 3 aromatic carbocycles. The van der Waals surface area contributed by atoms with Crippen molar-refractivity contribution in [3.05, 3.63) is 78.4 Å². The van der Waals surface area contributed by atoms with Gasteiger partial charge in [0.2, 0.25) is 0 Å². The van der Waals surface area contributed by atoms with Gasteiger partial charge in [0.1, 0.15) is 0 Å². The van der Waals surface area contributed by atoms with Crippen molar-refractivity contribution in [1.82, 2.24) is 4.98 Å². The number of hydrogen-bond donors (Lipinski definition) is 1. The maximum atomic E-state index is 3.60. The van der Waals surface area contributed by atoms with Gasteiger partial charge in [0.15, 0.2) is 0 Å². The minimum absolute atomic E-state index is 1.14. The minimum atomic E-state index is 1.14. The molecule has 0 unspecified atom stereocenters. The van der Waals surface area contributed by atoms with E-state index in [1.807, 2.05) is 0 Å². The third-order valence-electron chi connectivity index (χ3n) is 4.82. The molecule has 1 heteroatoms. The van der Waals surface area contributed by atoms with Crippen LogP contribution in [0.4, 0.5) is 0 Å². The van der Waals surface area contributed by atoms with Gasteiger partial charge in [-0.3, -0.25) is 0 Å². The molecule has 1 N–H and O–H groups in total. The quantitative estimate of drug-likeness (QED) is 0.430. The average molecular weight is 295 g/mol. The van der Waals surface area contributed by atoms with Crippen LogP contribution in [0, 0.1) is 0 Å². The van der Waals surface area contributed by atoms with Crippen molar-refractivity contribution in [3.63, 3.8) is 0 Å². The molecule has 0 bridgehead atoms. The number of aromatic amines is 1. The molecule has 1 aliphatic rings. The van der Waals surface area contributed by atoms with Crippen molar-refractivity contribution in [2.75, 3.05) is 0 Å². The Kier molecular flexibility index (Phi) is 2.68. The molecular formula is C22H17N. The molecular weight excluding hydrogens is 278 g/mol. The predicted molar refractivity (Wildman–Crippen MR) is 99.7 cm³/mol. The van der Waals surface area contributed by atoms with Gasteiger partial charge in [-0.15, -0.1) is 0 Å². The van der Waals surface area contributed by atoms with E-state index in [1.165, 1.54) is 43.7 Å². The summed E-state index contributed by atoms with van der Waals surface area (Å²) in [5.74, 6) is 0. The van der Waals surface area contributed by atoms with Gasteiger partial charge in [-0.2, -0.15) is 0 Å². The monoisotopic (exact) mass is 295 g/mol. The number of allylic oxidation sites excluding steroid dienone is 4. The Balaban J connectivity index is 1.81. The van der Waals surface area contributed by atoms with Crippen molar-refractivity contribution in [2.45, 2.75) is 12.8 Å². The van der Waals surface area contributed by atoms with E-state index in [1.54, 1.807) is 0 Å². The lowest BCUT2D eigenvalue weighted by Crippen LogP contribution is -1.85. The Hall–Kier alpha value is -2.80. The zero-order valence-electron chi connectivity index (χ0n) is 12.8. The molecule has 0 atom stereocenters. The Morgan fingerprint density at radius 1 is 0.783 bits per heavy atom. The molecule has 5 rings (SSSR count). The highest BCUT2D eigenvalue weighted by atomic mass is 14.7. The maximum absolute atomic E-state index is 3.60. The van der Waals surface area contributed by atoms with Crippen molar-refractivity contribution in [1.29, 1.82) is 0 Å². The fourth-order valence-corrected chi connectivity index (χ4v) is 3.68. The second-order valence-corrected chi connectivity index (χ2v) is 6.23. The largest absolute Gasteiger partial charge is 0.354 e. The molecule has 1 aliphatic carbocycles. The van der Waals surface area contributed by atoms with Crippen LogP contribution in [0.1, 0.15) is 18.4 Å². The second-order valence-electron chi connectivity index (χ2n) is 6.23. The summed E-state index contributed by atoms with van der Waals surface area (Å²) < 4.78 is 0. The molecule has 0 saturated carbocycles. The van der Waals surface area contributed by atoms with Crippen LogP contribution in [0.15, 0.2) is 72.8 Å². The summed E-state index contributed by atoms with van der Waals surface area (Å²) in [6.45, 7) is 0. The highest BCUT2D eigenvalue weighted by Crippen LogP contribution is 2.34. The van der Waals surface area contributed by atoms with E-state index in [0.717, 1.165) is 12.8 Å². The van der Waals surface area contributed by atoms with Crippen LogP contribution in [0.3, 0.4) is 0 Å². The normalized spacial score (nSPS) is 14.7. The Labute approximate surface area is 134 Å². The van der Waals surface area contributed by atoms with Gasteiger partial charge in [0, 0.05) is 21.8 Å². The average Bonchev–Trinajstić information content (AvgIpc) is 3.00. The number of rotatable bonds is 1. The number of benzene rings is 3. The first-order valence-corrected chi connectivity index (χ1v) is 8.20. The van der Waals surface area contributed by atoms with Crippen LogP contribution in [0.2, 0.25) is 0 Å². The van der Waals surface area contributed by atoms with Crippen molar-refractivity contribution in [2.24, 2.45) is 0 Å².